The Balaban J connectivity index is 2.15. The zero-order valence-electron chi connectivity index (χ0n) is 11.4. The molecular formula is C14H20ClN3O. The number of nitrogens with zero attached hydrogens (tertiary/aromatic N) is 2. The van der Waals surface area contributed by atoms with Gasteiger partial charge in [-0.3, -0.25) is 4.79 Å². The maximum Gasteiger partial charge on any atom is 0.231 e. The summed E-state index contributed by atoms with van der Waals surface area (Å²) in [7, 11) is 0. The van der Waals surface area contributed by atoms with Crippen LogP contribution in [0.1, 0.15) is 46.0 Å². The van der Waals surface area contributed by atoms with Crippen LogP contribution < -0.4 is 5.32 Å². The zero-order chi connectivity index (χ0) is 13.9. The first-order chi connectivity index (χ1) is 9.03. The highest BCUT2D eigenvalue weighted by Gasteiger charge is 2.41. The average Bonchev–Trinajstić information content (AvgIpc) is 2.81. The Labute approximate surface area is 119 Å². The van der Waals surface area contributed by atoms with Crippen molar-refractivity contribution in [3.8, 4) is 0 Å². The van der Waals surface area contributed by atoms with Crippen LogP contribution in [0.15, 0.2) is 12.4 Å². The first kappa shape index (κ1) is 14.3. The van der Waals surface area contributed by atoms with Crippen LogP contribution in [0.4, 0.5) is 5.82 Å². The van der Waals surface area contributed by atoms with E-state index in [1.807, 2.05) is 0 Å². The van der Waals surface area contributed by atoms with Gasteiger partial charge in [0.05, 0.1) is 0 Å². The molecule has 5 heteroatoms. The largest absolute Gasteiger partial charge is 0.308 e. The van der Waals surface area contributed by atoms with Crippen molar-refractivity contribution in [1.82, 2.24) is 9.97 Å². The fourth-order valence-electron chi connectivity index (χ4n) is 3.00. The van der Waals surface area contributed by atoms with Crippen LogP contribution in [-0.4, -0.2) is 15.9 Å². The van der Waals surface area contributed by atoms with E-state index in [2.05, 4.69) is 29.1 Å². The molecule has 4 nitrogen and oxygen atoms in total. The second-order valence-corrected chi connectivity index (χ2v) is 6.09. The van der Waals surface area contributed by atoms with Crippen molar-refractivity contribution in [3.63, 3.8) is 0 Å². The molecule has 1 heterocycles. The van der Waals surface area contributed by atoms with Gasteiger partial charge in [-0.1, -0.05) is 38.3 Å². The molecule has 0 spiro atoms. The third-order valence-corrected chi connectivity index (χ3v) is 4.00. The van der Waals surface area contributed by atoms with Crippen molar-refractivity contribution in [1.29, 1.82) is 0 Å². The zero-order valence-corrected chi connectivity index (χ0v) is 12.2. The number of nitrogens with one attached hydrogen (secondary N) is 1. The van der Waals surface area contributed by atoms with E-state index in [1.165, 1.54) is 12.4 Å². The van der Waals surface area contributed by atoms with Gasteiger partial charge in [-0.2, -0.15) is 0 Å². The van der Waals surface area contributed by atoms with Gasteiger partial charge in [-0.25, -0.2) is 9.97 Å². The van der Waals surface area contributed by atoms with Crippen LogP contribution in [-0.2, 0) is 4.79 Å². The second-order valence-electron chi connectivity index (χ2n) is 5.74. The Bertz CT molecular complexity index is 456. The maximum absolute atomic E-state index is 12.6. The number of aromatic nitrogens is 2. The molecule has 0 saturated heterocycles. The van der Waals surface area contributed by atoms with Crippen molar-refractivity contribution in [3.05, 3.63) is 17.5 Å². The summed E-state index contributed by atoms with van der Waals surface area (Å²) in [6.07, 6.45) is 8.10. The normalized spacial score (nSPS) is 17.7. The molecule has 0 aliphatic heterocycles. The minimum absolute atomic E-state index is 0.0427. The minimum atomic E-state index is -0.255. The summed E-state index contributed by atoms with van der Waals surface area (Å²) in [5.74, 6) is 0.909. The molecule has 1 aromatic heterocycles. The smallest absolute Gasteiger partial charge is 0.231 e. The topological polar surface area (TPSA) is 54.9 Å². The van der Waals surface area contributed by atoms with Gasteiger partial charge in [0, 0.05) is 17.8 Å². The van der Waals surface area contributed by atoms with Crippen molar-refractivity contribution in [2.75, 3.05) is 5.32 Å². The summed E-state index contributed by atoms with van der Waals surface area (Å²) in [4.78, 5) is 20.6. The highest BCUT2D eigenvalue weighted by molar-refractivity contribution is 6.32. The molecule has 1 aliphatic carbocycles. The first-order valence-corrected chi connectivity index (χ1v) is 7.19. The Morgan fingerprint density at radius 3 is 2.58 bits per heavy atom. The van der Waals surface area contributed by atoms with Gasteiger partial charge in [-0.15, -0.1) is 0 Å². The van der Waals surface area contributed by atoms with Gasteiger partial charge in [0.2, 0.25) is 5.91 Å². The Morgan fingerprint density at radius 1 is 1.37 bits per heavy atom. The summed E-state index contributed by atoms with van der Waals surface area (Å²) in [5, 5.41) is 3.10. The number of carbonyl (C=O) groups excluding carboxylic acids is 1. The van der Waals surface area contributed by atoms with E-state index < -0.39 is 0 Å². The molecule has 0 bridgehead atoms. The third-order valence-electron chi connectivity index (χ3n) is 3.73. The molecule has 19 heavy (non-hydrogen) atoms. The second kappa shape index (κ2) is 5.87. The molecule has 2 rings (SSSR count). The van der Waals surface area contributed by atoms with E-state index in [9.17, 15) is 4.79 Å². The molecule has 1 N–H and O–H groups in total. The molecule has 104 valence electrons. The number of anilines is 1. The van der Waals surface area contributed by atoms with E-state index in [1.54, 1.807) is 0 Å². The molecule has 1 aliphatic rings. The van der Waals surface area contributed by atoms with Crippen LogP contribution in [0, 0.1) is 11.3 Å². The Morgan fingerprint density at radius 2 is 2.00 bits per heavy atom. The minimum Gasteiger partial charge on any atom is -0.308 e. The highest BCUT2D eigenvalue weighted by Crippen LogP contribution is 2.44. The highest BCUT2D eigenvalue weighted by atomic mass is 35.5. The van der Waals surface area contributed by atoms with E-state index in [0.717, 1.165) is 32.1 Å². The Kier molecular flexibility index (Phi) is 4.40. The van der Waals surface area contributed by atoms with Crippen LogP contribution in [0.25, 0.3) is 0 Å². The average molecular weight is 282 g/mol. The van der Waals surface area contributed by atoms with Crippen LogP contribution in [0.3, 0.4) is 0 Å². The fraction of sp³-hybridized carbons (Fsp3) is 0.643. The number of amides is 1. The molecule has 0 aromatic carbocycles. The fourth-order valence-corrected chi connectivity index (χ4v) is 3.15. The molecular weight excluding hydrogens is 262 g/mol. The number of halogens is 1. The maximum atomic E-state index is 12.6. The van der Waals surface area contributed by atoms with Gasteiger partial charge in [0.25, 0.3) is 0 Å². The van der Waals surface area contributed by atoms with Crippen LogP contribution in [0.5, 0.6) is 0 Å². The lowest BCUT2D eigenvalue weighted by molar-refractivity contribution is -0.126. The molecule has 1 saturated carbocycles. The molecule has 1 fully saturated rings. The summed E-state index contributed by atoms with van der Waals surface area (Å²) < 4.78 is 0. The number of carbonyl (C=O) groups is 1. The lowest BCUT2D eigenvalue weighted by atomic mass is 9.77. The Hall–Kier alpha value is -1.16. The van der Waals surface area contributed by atoms with Gasteiger partial charge in [0.15, 0.2) is 11.0 Å². The number of hydrogen-bond acceptors (Lipinski definition) is 3. The summed E-state index contributed by atoms with van der Waals surface area (Å²) in [6, 6.07) is 0. The monoisotopic (exact) mass is 281 g/mol. The number of rotatable bonds is 4. The lowest BCUT2D eigenvalue weighted by Gasteiger charge is -2.29. The van der Waals surface area contributed by atoms with Crippen molar-refractivity contribution >= 4 is 23.3 Å². The van der Waals surface area contributed by atoms with Gasteiger partial charge in [0.1, 0.15) is 0 Å². The predicted molar refractivity (Wildman–Crippen MR) is 76.0 cm³/mol. The summed E-state index contributed by atoms with van der Waals surface area (Å²) in [5.41, 5.74) is -0.255. The van der Waals surface area contributed by atoms with E-state index >= 15 is 0 Å². The van der Waals surface area contributed by atoms with Gasteiger partial charge in [-0.05, 0) is 25.2 Å². The van der Waals surface area contributed by atoms with E-state index in [4.69, 9.17) is 11.6 Å². The quantitative estimate of drug-likeness (QED) is 0.916. The van der Waals surface area contributed by atoms with E-state index in [0.29, 0.717) is 11.7 Å². The van der Waals surface area contributed by atoms with Crippen molar-refractivity contribution in [2.24, 2.45) is 11.3 Å². The van der Waals surface area contributed by atoms with E-state index in [-0.39, 0.29) is 16.5 Å². The summed E-state index contributed by atoms with van der Waals surface area (Å²) >= 11 is 5.94. The van der Waals surface area contributed by atoms with Crippen molar-refractivity contribution < 1.29 is 4.79 Å². The van der Waals surface area contributed by atoms with Crippen molar-refractivity contribution in [2.45, 2.75) is 46.0 Å². The predicted octanol–water partition coefficient (Wildman–Crippen LogP) is 3.68. The lowest BCUT2D eigenvalue weighted by Crippen LogP contribution is -2.35. The summed E-state index contributed by atoms with van der Waals surface area (Å²) in [6.45, 7) is 4.31. The van der Waals surface area contributed by atoms with Gasteiger partial charge < -0.3 is 5.32 Å². The molecule has 1 aromatic rings. The molecule has 0 atom stereocenters. The third kappa shape index (κ3) is 3.24. The molecule has 0 unspecified atom stereocenters. The standard InChI is InChI=1S/C14H20ClN3O/c1-10(2)9-14(5-3-4-6-14)13(19)18-12-11(15)16-7-8-17-12/h7-8,10H,3-6,9H2,1-2H3,(H,17,18,19). The number of hydrogen-bond donors (Lipinski definition) is 1. The van der Waals surface area contributed by atoms with Gasteiger partial charge >= 0.3 is 0 Å². The molecule has 1 amide bonds. The van der Waals surface area contributed by atoms with Crippen LogP contribution >= 0.6 is 11.6 Å². The SMILES string of the molecule is CC(C)CC1(C(=O)Nc2nccnc2Cl)CCCC1. The van der Waals surface area contributed by atoms with Crippen LogP contribution in [0.2, 0.25) is 5.15 Å². The molecule has 0 radical (unpaired) electrons. The first-order valence-electron chi connectivity index (χ1n) is 6.81.